The maximum absolute atomic E-state index is 13.6. The summed E-state index contributed by atoms with van der Waals surface area (Å²) >= 11 is 0. The zero-order chi connectivity index (χ0) is 15.6. The SMILES string of the molecule is Cc1cc(NC(=O)C(C)(C)Oc2ccc(F)cc2F)no1. The number of aromatic nitrogens is 1. The largest absolute Gasteiger partial charge is 0.475 e. The number of nitrogens with one attached hydrogen (secondary N) is 1. The molecule has 0 aliphatic carbocycles. The molecule has 21 heavy (non-hydrogen) atoms. The van der Waals surface area contributed by atoms with Crippen LogP contribution in [-0.2, 0) is 4.79 Å². The van der Waals surface area contributed by atoms with Crippen molar-refractivity contribution in [1.29, 1.82) is 0 Å². The van der Waals surface area contributed by atoms with Gasteiger partial charge in [-0.3, -0.25) is 4.79 Å². The number of carbonyl (C=O) groups excluding carboxylic acids is 1. The predicted octanol–water partition coefficient (Wildman–Crippen LogP) is 3.06. The Kier molecular flexibility index (Phi) is 3.93. The van der Waals surface area contributed by atoms with Gasteiger partial charge in [0.2, 0.25) is 0 Å². The highest BCUT2D eigenvalue weighted by Crippen LogP contribution is 2.24. The van der Waals surface area contributed by atoms with E-state index in [0.29, 0.717) is 11.8 Å². The number of aryl methyl sites for hydroxylation is 1. The Bertz CT molecular complexity index is 668. The number of nitrogens with zero attached hydrogens (tertiary/aromatic N) is 1. The first-order chi connectivity index (χ1) is 9.78. The van der Waals surface area contributed by atoms with E-state index in [1.54, 1.807) is 6.92 Å². The molecule has 0 aliphatic rings. The second kappa shape index (κ2) is 5.51. The fourth-order valence-corrected chi connectivity index (χ4v) is 1.57. The number of anilines is 1. The number of amides is 1. The summed E-state index contributed by atoms with van der Waals surface area (Å²) in [6.45, 7) is 4.59. The number of rotatable bonds is 4. The molecule has 0 bridgehead atoms. The molecule has 0 fully saturated rings. The van der Waals surface area contributed by atoms with Crippen LogP contribution in [0.2, 0.25) is 0 Å². The lowest BCUT2D eigenvalue weighted by Gasteiger charge is -2.24. The number of halogens is 2. The maximum atomic E-state index is 13.6. The van der Waals surface area contributed by atoms with E-state index in [2.05, 4.69) is 10.5 Å². The summed E-state index contributed by atoms with van der Waals surface area (Å²) in [6.07, 6.45) is 0. The van der Waals surface area contributed by atoms with Crippen molar-refractivity contribution < 1.29 is 22.8 Å². The zero-order valence-electron chi connectivity index (χ0n) is 11.7. The molecule has 1 aromatic heterocycles. The molecule has 0 saturated heterocycles. The van der Waals surface area contributed by atoms with Crippen LogP contribution in [0, 0.1) is 18.6 Å². The fourth-order valence-electron chi connectivity index (χ4n) is 1.57. The standard InChI is InChI=1S/C14H14F2N2O3/c1-8-6-12(18-21-8)17-13(19)14(2,3)20-11-5-4-9(15)7-10(11)16/h4-7H,1-3H3,(H,17,18,19). The van der Waals surface area contributed by atoms with Gasteiger partial charge in [-0.2, -0.15) is 0 Å². The lowest BCUT2D eigenvalue weighted by Crippen LogP contribution is -2.42. The van der Waals surface area contributed by atoms with E-state index in [1.807, 2.05) is 0 Å². The number of carbonyl (C=O) groups is 1. The minimum absolute atomic E-state index is 0.215. The van der Waals surface area contributed by atoms with Crippen molar-refractivity contribution in [3.63, 3.8) is 0 Å². The van der Waals surface area contributed by atoms with Gasteiger partial charge in [0.05, 0.1) is 0 Å². The first-order valence-electron chi connectivity index (χ1n) is 6.17. The van der Waals surface area contributed by atoms with E-state index in [-0.39, 0.29) is 11.6 Å². The van der Waals surface area contributed by atoms with Gasteiger partial charge < -0.3 is 14.6 Å². The Balaban J connectivity index is 2.11. The van der Waals surface area contributed by atoms with Crippen LogP contribution in [0.3, 0.4) is 0 Å². The lowest BCUT2D eigenvalue weighted by atomic mass is 10.1. The third-order valence-corrected chi connectivity index (χ3v) is 2.68. The van der Waals surface area contributed by atoms with Crippen molar-refractivity contribution in [2.45, 2.75) is 26.4 Å². The van der Waals surface area contributed by atoms with Gasteiger partial charge in [-0.15, -0.1) is 0 Å². The first kappa shape index (κ1) is 15.0. The van der Waals surface area contributed by atoms with Crippen LogP contribution in [0.4, 0.5) is 14.6 Å². The third-order valence-electron chi connectivity index (χ3n) is 2.68. The van der Waals surface area contributed by atoms with Crippen molar-refractivity contribution >= 4 is 11.7 Å². The summed E-state index contributed by atoms with van der Waals surface area (Å²) < 4.78 is 36.5. The smallest absolute Gasteiger partial charge is 0.269 e. The molecule has 1 amide bonds. The second-order valence-electron chi connectivity index (χ2n) is 4.96. The molecule has 0 unspecified atom stereocenters. The summed E-state index contributed by atoms with van der Waals surface area (Å²) in [7, 11) is 0. The molecule has 5 nitrogen and oxygen atoms in total. The van der Waals surface area contributed by atoms with Crippen LogP contribution < -0.4 is 10.1 Å². The van der Waals surface area contributed by atoms with Gasteiger partial charge >= 0.3 is 0 Å². The fraction of sp³-hybridized carbons (Fsp3) is 0.286. The van der Waals surface area contributed by atoms with Gasteiger partial charge in [0, 0.05) is 12.1 Å². The molecule has 0 spiro atoms. The molecular formula is C14H14F2N2O3. The van der Waals surface area contributed by atoms with Crippen LogP contribution in [-0.4, -0.2) is 16.7 Å². The van der Waals surface area contributed by atoms with E-state index in [9.17, 15) is 13.6 Å². The molecule has 0 atom stereocenters. The average molecular weight is 296 g/mol. The summed E-state index contributed by atoms with van der Waals surface area (Å²) in [6, 6.07) is 4.39. The average Bonchev–Trinajstić information content (AvgIpc) is 2.78. The molecule has 112 valence electrons. The second-order valence-corrected chi connectivity index (χ2v) is 4.96. The van der Waals surface area contributed by atoms with E-state index in [0.717, 1.165) is 12.1 Å². The van der Waals surface area contributed by atoms with Gasteiger partial charge in [-0.05, 0) is 32.9 Å². The molecular weight excluding hydrogens is 282 g/mol. The van der Waals surface area contributed by atoms with Gasteiger partial charge in [-0.1, -0.05) is 5.16 Å². The number of hydrogen-bond acceptors (Lipinski definition) is 4. The Labute approximate surface area is 119 Å². The Hall–Kier alpha value is -2.44. The Morgan fingerprint density at radius 3 is 2.62 bits per heavy atom. The molecule has 1 N–H and O–H groups in total. The molecule has 7 heteroatoms. The quantitative estimate of drug-likeness (QED) is 0.941. The first-order valence-corrected chi connectivity index (χ1v) is 6.17. The molecule has 0 saturated carbocycles. The van der Waals surface area contributed by atoms with Crippen molar-refractivity contribution in [2.24, 2.45) is 0 Å². The Morgan fingerprint density at radius 2 is 2.05 bits per heavy atom. The molecule has 2 aromatic rings. The summed E-state index contributed by atoms with van der Waals surface area (Å²) in [5.41, 5.74) is -1.38. The molecule has 2 rings (SSSR count). The normalized spacial score (nSPS) is 11.3. The van der Waals surface area contributed by atoms with Crippen LogP contribution in [0.15, 0.2) is 28.8 Å². The molecule has 0 aliphatic heterocycles. The van der Waals surface area contributed by atoms with Crippen LogP contribution in [0.1, 0.15) is 19.6 Å². The maximum Gasteiger partial charge on any atom is 0.269 e. The van der Waals surface area contributed by atoms with Crippen LogP contribution in [0.5, 0.6) is 5.75 Å². The van der Waals surface area contributed by atoms with Gasteiger partial charge in [-0.25, -0.2) is 8.78 Å². The van der Waals surface area contributed by atoms with Crippen molar-refractivity contribution in [3.8, 4) is 5.75 Å². The van der Waals surface area contributed by atoms with Crippen LogP contribution >= 0.6 is 0 Å². The van der Waals surface area contributed by atoms with Gasteiger partial charge in [0.25, 0.3) is 5.91 Å². The molecule has 1 aromatic carbocycles. The highest BCUT2D eigenvalue weighted by molar-refractivity contribution is 5.96. The predicted molar refractivity (Wildman–Crippen MR) is 70.9 cm³/mol. The van der Waals surface area contributed by atoms with Crippen molar-refractivity contribution in [3.05, 3.63) is 41.7 Å². The summed E-state index contributed by atoms with van der Waals surface area (Å²) in [5, 5.41) is 6.11. The summed E-state index contributed by atoms with van der Waals surface area (Å²) in [5.74, 6) is -1.59. The topological polar surface area (TPSA) is 64.4 Å². The third kappa shape index (κ3) is 3.56. The van der Waals surface area contributed by atoms with Gasteiger partial charge in [0.15, 0.2) is 23.0 Å². The number of benzene rings is 1. The molecule has 0 radical (unpaired) electrons. The number of hydrogen-bond donors (Lipinski definition) is 1. The van der Waals surface area contributed by atoms with E-state index >= 15 is 0 Å². The summed E-state index contributed by atoms with van der Waals surface area (Å²) in [4.78, 5) is 12.1. The number of ether oxygens (including phenoxy) is 1. The highest BCUT2D eigenvalue weighted by atomic mass is 19.1. The van der Waals surface area contributed by atoms with E-state index < -0.39 is 23.1 Å². The van der Waals surface area contributed by atoms with E-state index in [4.69, 9.17) is 9.26 Å². The lowest BCUT2D eigenvalue weighted by molar-refractivity contribution is -0.128. The monoisotopic (exact) mass is 296 g/mol. The van der Waals surface area contributed by atoms with Crippen molar-refractivity contribution in [1.82, 2.24) is 5.16 Å². The Morgan fingerprint density at radius 1 is 1.33 bits per heavy atom. The van der Waals surface area contributed by atoms with Crippen LogP contribution in [0.25, 0.3) is 0 Å². The minimum atomic E-state index is -1.38. The zero-order valence-corrected chi connectivity index (χ0v) is 11.7. The van der Waals surface area contributed by atoms with E-state index in [1.165, 1.54) is 19.9 Å². The highest BCUT2D eigenvalue weighted by Gasteiger charge is 2.31. The van der Waals surface area contributed by atoms with Crippen molar-refractivity contribution in [2.75, 3.05) is 5.32 Å². The minimum Gasteiger partial charge on any atom is -0.475 e. The van der Waals surface area contributed by atoms with Gasteiger partial charge in [0.1, 0.15) is 11.6 Å². The molecule has 1 heterocycles.